The molecule has 4 nitrogen and oxygen atoms in total. The van der Waals surface area contributed by atoms with E-state index in [9.17, 15) is 18.0 Å². The molecule has 2 saturated heterocycles. The number of pyridine rings is 1. The summed E-state index contributed by atoms with van der Waals surface area (Å²) >= 11 is 0. The van der Waals surface area contributed by atoms with Crippen LogP contribution in [0.3, 0.4) is 0 Å². The Labute approximate surface area is 126 Å². The highest BCUT2D eigenvalue weighted by Gasteiger charge is 2.47. The lowest BCUT2D eigenvalue weighted by atomic mass is 9.78. The molecule has 3 rings (SSSR count). The molecule has 1 atom stereocenters. The van der Waals surface area contributed by atoms with Crippen LogP contribution >= 0.6 is 0 Å². The lowest BCUT2D eigenvalue weighted by molar-refractivity contribution is -0.143. The number of hydrogen-bond donors (Lipinski definition) is 0. The van der Waals surface area contributed by atoms with Crippen molar-refractivity contribution in [2.45, 2.75) is 25.4 Å². The molecule has 0 aliphatic carbocycles. The fourth-order valence-electron chi connectivity index (χ4n) is 3.46. The Kier molecular flexibility index (Phi) is 3.53. The van der Waals surface area contributed by atoms with Gasteiger partial charge in [0.15, 0.2) is 0 Å². The molecular weight excluding hydrogens is 295 g/mol. The van der Waals surface area contributed by atoms with Gasteiger partial charge in [-0.1, -0.05) is 0 Å². The topological polar surface area (TPSA) is 36.4 Å². The number of nitrogens with zero attached hydrogens (tertiary/aromatic N) is 3. The zero-order valence-electron chi connectivity index (χ0n) is 12.4. The number of carbonyl (C=O) groups excluding carboxylic acids is 1. The number of rotatable bonds is 1. The second-order valence-electron chi connectivity index (χ2n) is 6.18. The maximum atomic E-state index is 12.6. The van der Waals surface area contributed by atoms with E-state index in [1.807, 2.05) is 11.9 Å². The molecule has 0 N–H and O–H groups in total. The van der Waals surface area contributed by atoms with Gasteiger partial charge in [0.05, 0.1) is 11.0 Å². The predicted octanol–water partition coefficient (Wildman–Crippen LogP) is 2.55. The van der Waals surface area contributed by atoms with Gasteiger partial charge in [0.1, 0.15) is 5.82 Å². The van der Waals surface area contributed by atoms with Crippen LogP contribution in [0.5, 0.6) is 0 Å². The molecule has 0 saturated carbocycles. The number of aromatic nitrogens is 1. The lowest BCUT2D eigenvalue weighted by Gasteiger charge is -2.37. The van der Waals surface area contributed by atoms with Crippen LogP contribution in [-0.2, 0) is 11.0 Å². The number of anilines is 1. The van der Waals surface area contributed by atoms with Gasteiger partial charge in [0.25, 0.3) is 0 Å². The first-order chi connectivity index (χ1) is 10.3. The molecule has 120 valence electrons. The maximum absolute atomic E-state index is 12.6. The van der Waals surface area contributed by atoms with Crippen molar-refractivity contribution in [1.29, 1.82) is 0 Å². The van der Waals surface area contributed by atoms with E-state index in [-0.39, 0.29) is 5.91 Å². The van der Waals surface area contributed by atoms with Crippen LogP contribution in [0.4, 0.5) is 19.0 Å². The summed E-state index contributed by atoms with van der Waals surface area (Å²) in [7, 11) is 1.81. The van der Waals surface area contributed by atoms with E-state index in [0.717, 1.165) is 38.1 Å². The maximum Gasteiger partial charge on any atom is 0.417 e. The Bertz CT molecular complexity index is 572. The molecule has 2 aliphatic rings. The van der Waals surface area contributed by atoms with E-state index in [0.29, 0.717) is 18.9 Å². The molecule has 1 amide bonds. The Hall–Kier alpha value is -1.79. The summed E-state index contributed by atoms with van der Waals surface area (Å²) < 4.78 is 37.7. The van der Waals surface area contributed by atoms with Crippen molar-refractivity contribution in [3.8, 4) is 0 Å². The number of carbonyl (C=O) groups is 1. The standard InChI is InChI=1S/C15H18F3N3O/c1-20-7-2-5-14(13(20)22)6-8-21(10-14)12-4-3-11(9-19-12)15(16,17)18/h3-4,9H,2,5-8,10H2,1H3/t14-/m1/s1. The van der Waals surface area contributed by atoms with Gasteiger partial charge >= 0.3 is 6.18 Å². The summed E-state index contributed by atoms with van der Waals surface area (Å²) in [5, 5.41) is 0. The molecular formula is C15H18F3N3O. The van der Waals surface area contributed by atoms with Gasteiger partial charge in [-0.2, -0.15) is 13.2 Å². The third kappa shape index (κ3) is 2.53. The molecule has 0 aromatic carbocycles. The van der Waals surface area contributed by atoms with Crippen LogP contribution < -0.4 is 4.90 Å². The summed E-state index contributed by atoms with van der Waals surface area (Å²) in [5.41, 5.74) is -1.14. The van der Waals surface area contributed by atoms with Crippen molar-refractivity contribution in [3.05, 3.63) is 23.9 Å². The third-order valence-corrected chi connectivity index (χ3v) is 4.70. The van der Waals surface area contributed by atoms with E-state index >= 15 is 0 Å². The molecule has 7 heteroatoms. The molecule has 0 bridgehead atoms. The Morgan fingerprint density at radius 2 is 2.00 bits per heavy atom. The van der Waals surface area contributed by atoms with E-state index in [1.54, 1.807) is 4.90 Å². The van der Waals surface area contributed by atoms with Crippen LogP contribution in [0.1, 0.15) is 24.8 Å². The Morgan fingerprint density at radius 3 is 2.64 bits per heavy atom. The van der Waals surface area contributed by atoms with E-state index in [1.165, 1.54) is 6.07 Å². The summed E-state index contributed by atoms with van der Waals surface area (Å²) in [4.78, 5) is 20.0. The normalized spacial score (nSPS) is 26.1. The minimum atomic E-state index is -4.38. The third-order valence-electron chi connectivity index (χ3n) is 4.70. The molecule has 0 unspecified atom stereocenters. The molecule has 1 aromatic rings. The zero-order chi connectivity index (χ0) is 16.0. The van der Waals surface area contributed by atoms with Crippen molar-refractivity contribution in [2.75, 3.05) is 31.6 Å². The number of amides is 1. The van der Waals surface area contributed by atoms with Crippen molar-refractivity contribution in [3.63, 3.8) is 0 Å². The molecule has 1 spiro atoms. The summed E-state index contributed by atoms with van der Waals surface area (Å²) in [5.74, 6) is 0.652. The second kappa shape index (κ2) is 5.14. The molecule has 3 heterocycles. The smallest absolute Gasteiger partial charge is 0.356 e. The minimum Gasteiger partial charge on any atom is -0.356 e. The quantitative estimate of drug-likeness (QED) is 0.799. The van der Waals surface area contributed by atoms with E-state index in [4.69, 9.17) is 0 Å². The van der Waals surface area contributed by atoms with Crippen LogP contribution in [0, 0.1) is 5.41 Å². The number of alkyl halides is 3. The fraction of sp³-hybridized carbons (Fsp3) is 0.600. The van der Waals surface area contributed by atoms with E-state index < -0.39 is 17.2 Å². The fourth-order valence-corrected chi connectivity index (χ4v) is 3.46. The number of hydrogen-bond acceptors (Lipinski definition) is 3. The molecule has 2 aliphatic heterocycles. The van der Waals surface area contributed by atoms with Crippen LogP contribution in [0.25, 0.3) is 0 Å². The van der Waals surface area contributed by atoms with E-state index in [2.05, 4.69) is 4.98 Å². The summed E-state index contributed by atoms with van der Waals surface area (Å²) in [6.07, 6.45) is -0.975. The molecule has 22 heavy (non-hydrogen) atoms. The van der Waals surface area contributed by atoms with Crippen molar-refractivity contribution >= 4 is 11.7 Å². The largest absolute Gasteiger partial charge is 0.417 e. The van der Waals surface area contributed by atoms with Gasteiger partial charge in [-0.25, -0.2) is 4.98 Å². The second-order valence-corrected chi connectivity index (χ2v) is 6.18. The Balaban J connectivity index is 1.76. The van der Waals surface area contributed by atoms with Gasteiger partial charge < -0.3 is 9.80 Å². The Morgan fingerprint density at radius 1 is 1.23 bits per heavy atom. The number of likely N-dealkylation sites (tertiary alicyclic amines) is 1. The molecule has 0 radical (unpaired) electrons. The molecule has 2 fully saturated rings. The van der Waals surface area contributed by atoms with Gasteiger partial charge in [-0.15, -0.1) is 0 Å². The van der Waals surface area contributed by atoms with Crippen molar-refractivity contribution < 1.29 is 18.0 Å². The van der Waals surface area contributed by atoms with Gasteiger partial charge in [0, 0.05) is 32.9 Å². The minimum absolute atomic E-state index is 0.146. The van der Waals surface area contributed by atoms with Gasteiger partial charge in [-0.3, -0.25) is 4.79 Å². The summed E-state index contributed by atoms with van der Waals surface area (Å²) in [6, 6.07) is 2.43. The first kappa shape index (κ1) is 15.1. The first-order valence-electron chi connectivity index (χ1n) is 7.36. The van der Waals surface area contributed by atoms with Gasteiger partial charge in [-0.05, 0) is 31.4 Å². The molecule has 1 aromatic heterocycles. The van der Waals surface area contributed by atoms with Crippen LogP contribution in [0.2, 0.25) is 0 Å². The monoisotopic (exact) mass is 313 g/mol. The van der Waals surface area contributed by atoms with Gasteiger partial charge in [0.2, 0.25) is 5.91 Å². The number of piperidine rings is 1. The average molecular weight is 313 g/mol. The predicted molar refractivity (Wildman–Crippen MR) is 75.4 cm³/mol. The SMILES string of the molecule is CN1CCC[C@]2(CCN(c3ccc(C(F)(F)F)cn3)C2)C1=O. The highest BCUT2D eigenvalue weighted by molar-refractivity contribution is 5.84. The first-order valence-corrected chi connectivity index (χ1v) is 7.36. The highest BCUT2D eigenvalue weighted by atomic mass is 19.4. The van der Waals surface area contributed by atoms with Crippen LogP contribution in [0.15, 0.2) is 18.3 Å². The van der Waals surface area contributed by atoms with Crippen LogP contribution in [-0.4, -0.2) is 42.5 Å². The highest BCUT2D eigenvalue weighted by Crippen LogP contribution is 2.41. The zero-order valence-corrected chi connectivity index (χ0v) is 12.4. The lowest BCUT2D eigenvalue weighted by Crippen LogP contribution is -2.48. The average Bonchev–Trinajstić information content (AvgIpc) is 2.89. The summed E-state index contributed by atoms with van der Waals surface area (Å²) in [6.45, 7) is 1.96. The van der Waals surface area contributed by atoms with Crippen molar-refractivity contribution in [1.82, 2.24) is 9.88 Å². The van der Waals surface area contributed by atoms with Crippen molar-refractivity contribution in [2.24, 2.45) is 5.41 Å². The number of halogens is 3.